The summed E-state index contributed by atoms with van der Waals surface area (Å²) in [6.07, 6.45) is 3.60. The van der Waals surface area contributed by atoms with E-state index in [-0.39, 0.29) is 12.1 Å². The van der Waals surface area contributed by atoms with Gasteiger partial charge in [0.2, 0.25) is 0 Å². The van der Waals surface area contributed by atoms with Gasteiger partial charge >= 0.3 is 0 Å². The van der Waals surface area contributed by atoms with E-state index < -0.39 is 11.6 Å². The van der Waals surface area contributed by atoms with Crippen molar-refractivity contribution in [1.82, 2.24) is 9.97 Å². The Morgan fingerprint density at radius 2 is 1.84 bits per heavy atom. The van der Waals surface area contributed by atoms with Gasteiger partial charge < -0.3 is 9.80 Å². The Hall–Kier alpha value is -1.89. The topological polar surface area (TPSA) is 32.3 Å². The van der Waals surface area contributed by atoms with E-state index in [0.29, 0.717) is 6.04 Å². The van der Waals surface area contributed by atoms with E-state index in [1.54, 1.807) is 6.33 Å². The highest BCUT2D eigenvalue weighted by atomic mass is 32.2. The molecule has 0 unspecified atom stereocenters. The molecule has 1 saturated carbocycles. The van der Waals surface area contributed by atoms with Crippen LogP contribution in [0.25, 0.3) is 0 Å². The fourth-order valence-electron chi connectivity index (χ4n) is 3.10. The van der Waals surface area contributed by atoms with E-state index in [4.69, 9.17) is 0 Å². The molecule has 1 aliphatic carbocycles. The predicted molar refractivity (Wildman–Crippen MR) is 97.1 cm³/mol. The Morgan fingerprint density at radius 1 is 1.12 bits per heavy atom. The number of nitrogens with zero attached hydrogens (tertiary/aromatic N) is 4. The van der Waals surface area contributed by atoms with Gasteiger partial charge in [-0.15, -0.1) is 0 Å². The molecule has 0 bridgehead atoms. The Bertz CT molecular complexity index is 727. The molecule has 1 aromatic carbocycles. The average Bonchev–Trinajstić information content (AvgIpc) is 3.47. The van der Waals surface area contributed by atoms with Crippen LogP contribution in [0.5, 0.6) is 0 Å². The van der Waals surface area contributed by atoms with Gasteiger partial charge in [-0.1, -0.05) is 6.07 Å². The van der Waals surface area contributed by atoms with Crippen molar-refractivity contribution < 1.29 is 8.78 Å². The van der Waals surface area contributed by atoms with E-state index in [1.807, 2.05) is 22.7 Å². The van der Waals surface area contributed by atoms with Gasteiger partial charge in [0.1, 0.15) is 29.6 Å². The van der Waals surface area contributed by atoms with E-state index in [2.05, 4.69) is 14.9 Å². The maximum atomic E-state index is 14.1. The van der Waals surface area contributed by atoms with E-state index >= 15 is 0 Å². The van der Waals surface area contributed by atoms with Gasteiger partial charge in [-0.05, 0) is 25.0 Å². The fraction of sp³-hybridized carbons (Fsp3) is 0.444. The third-order valence-electron chi connectivity index (χ3n) is 4.65. The summed E-state index contributed by atoms with van der Waals surface area (Å²) in [6.45, 7) is 2.12. The van der Waals surface area contributed by atoms with Gasteiger partial charge in [0.05, 0.1) is 6.54 Å². The first kappa shape index (κ1) is 16.6. The van der Waals surface area contributed by atoms with Crippen LogP contribution < -0.4 is 9.80 Å². The smallest absolute Gasteiger partial charge is 0.134 e. The van der Waals surface area contributed by atoms with Crippen molar-refractivity contribution in [3.8, 4) is 0 Å². The van der Waals surface area contributed by atoms with Crippen LogP contribution in [0.3, 0.4) is 0 Å². The quantitative estimate of drug-likeness (QED) is 0.813. The average molecular weight is 362 g/mol. The third kappa shape index (κ3) is 3.71. The summed E-state index contributed by atoms with van der Waals surface area (Å²) >= 11 is 1.94. The van der Waals surface area contributed by atoms with E-state index in [1.165, 1.54) is 18.2 Å². The second-order valence-electron chi connectivity index (χ2n) is 6.39. The van der Waals surface area contributed by atoms with Gasteiger partial charge in [0.25, 0.3) is 0 Å². The lowest BCUT2D eigenvalue weighted by atomic mass is 10.2. The van der Waals surface area contributed by atoms with Crippen LogP contribution in [0.15, 0.2) is 30.6 Å². The minimum atomic E-state index is -0.506. The number of thioether (sulfide) groups is 1. The Morgan fingerprint density at radius 3 is 2.52 bits per heavy atom. The second kappa shape index (κ2) is 7.15. The first-order valence-electron chi connectivity index (χ1n) is 8.56. The van der Waals surface area contributed by atoms with Crippen molar-refractivity contribution in [2.75, 3.05) is 34.4 Å². The molecule has 2 fully saturated rings. The first-order chi connectivity index (χ1) is 12.2. The highest BCUT2D eigenvalue weighted by Crippen LogP contribution is 2.34. The monoisotopic (exact) mass is 362 g/mol. The molecule has 0 atom stereocenters. The first-order valence-corrected chi connectivity index (χ1v) is 9.72. The van der Waals surface area contributed by atoms with Crippen LogP contribution in [0.2, 0.25) is 0 Å². The number of benzene rings is 1. The van der Waals surface area contributed by atoms with Crippen molar-refractivity contribution in [1.29, 1.82) is 0 Å². The van der Waals surface area contributed by atoms with Gasteiger partial charge in [-0.25, -0.2) is 18.7 Å². The number of hydrogen-bond donors (Lipinski definition) is 0. The molecule has 1 aromatic heterocycles. The maximum Gasteiger partial charge on any atom is 0.134 e. The summed E-state index contributed by atoms with van der Waals surface area (Å²) in [5.41, 5.74) is 0.101. The standard InChI is InChI=1S/C18H20F2N4S/c19-15-2-1-3-16(20)14(15)11-24(13-4-5-13)18-10-17(21-12-22-18)23-6-8-25-9-7-23/h1-3,10,12-13H,4-9,11H2. The molecule has 2 aromatic rings. The number of halogens is 2. The molecule has 0 spiro atoms. The summed E-state index contributed by atoms with van der Waals surface area (Å²) in [7, 11) is 0. The molecule has 1 saturated heterocycles. The van der Waals surface area contributed by atoms with E-state index in [0.717, 1.165) is 49.1 Å². The van der Waals surface area contributed by atoms with E-state index in [9.17, 15) is 8.78 Å². The van der Waals surface area contributed by atoms with Crippen LogP contribution in [0, 0.1) is 11.6 Å². The summed E-state index contributed by atoms with van der Waals surface area (Å²) in [5, 5.41) is 0. The molecule has 132 valence electrons. The van der Waals surface area contributed by atoms with Crippen LogP contribution in [0.1, 0.15) is 18.4 Å². The molecule has 0 N–H and O–H groups in total. The van der Waals surface area contributed by atoms with Crippen molar-refractivity contribution in [2.45, 2.75) is 25.4 Å². The highest BCUT2D eigenvalue weighted by Gasteiger charge is 2.31. The number of hydrogen-bond acceptors (Lipinski definition) is 5. The molecule has 4 rings (SSSR count). The Kier molecular flexibility index (Phi) is 4.74. The predicted octanol–water partition coefficient (Wildman–Crippen LogP) is 3.48. The van der Waals surface area contributed by atoms with Gasteiger partial charge in [0.15, 0.2) is 0 Å². The van der Waals surface area contributed by atoms with Crippen LogP contribution >= 0.6 is 11.8 Å². The maximum absolute atomic E-state index is 14.1. The second-order valence-corrected chi connectivity index (χ2v) is 7.62. The zero-order chi connectivity index (χ0) is 17.2. The molecule has 0 amide bonds. The zero-order valence-corrected chi connectivity index (χ0v) is 14.7. The molecule has 2 aliphatic rings. The van der Waals surface area contributed by atoms with Crippen LogP contribution in [-0.4, -0.2) is 40.6 Å². The highest BCUT2D eigenvalue weighted by molar-refractivity contribution is 7.99. The summed E-state index contributed by atoms with van der Waals surface area (Å²) in [5.74, 6) is 2.80. The third-order valence-corrected chi connectivity index (χ3v) is 5.59. The van der Waals surface area contributed by atoms with Crippen LogP contribution in [-0.2, 0) is 6.54 Å². The SMILES string of the molecule is Fc1cccc(F)c1CN(c1cc(N2CCSCC2)ncn1)C1CC1. The molecule has 7 heteroatoms. The fourth-order valence-corrected chi connectivity index (χ4v) is 4.00. The molecule has 25 heavy (non-hydrogen) atoms. The van der Waals surface area contributed by atoms with Crippen molar-refractivity contribution in [2.24, 2.45) is 0 Å². The molecular formula is C18H20F2N4S. The molecule has 0 radical (unpaired) electrons. The Labute approximate surface area is 150 Å². The minimum Gasteiger partial charge on any atom is -0.355 e. The number of rotatable bonds is 5. The summed E-state index contributed by atoms with van der Waals surface area (Å²) < 4.78 is 28.1. The lowest BCUT2D eigenvalue weighted by Crippen LogP contribution is -2.33. The summed E-state index contributed by atoms with van der Waals surface area (Å²) in [6, 6.07) is 6.25. The minimum absolute atomic E-state index is 0.101. The lowest BCUT2D eigenvalue weighted by molar-refractivity contribution is 0.548. The largest absolute Gasteiger partial charge is 0.355 e. The molecule has 2 heterocycles. The van der Waals surface area contributed by atoms with Gasteiger partial charge in [-0.2, -0.15) is 11.8 Å². The number of anilines is 2. The molecular weight excluding hydrogens is 342 g/mol. The van der Waals surface area contributed by atoms with Crippen LogP contribution in [0.4, 0.5) is 20.4 Å². The zero-order valence-electron chi connectivity index (χ0n) is 13.9. The molecule has 1 aliphatic heterocycles. The van der Waals surface area contributed by atoms with Crippen molar-refractivity contribution in [3.05, 3.63) is 47.8 Å². The number of aromatic nitrogens is 2. The normalized spacial score (nSPS) is 17.6. The summed E-state index contributed by atoms with van der Waals surface area (Å²) in [4.78, 5) is 13.0. The van der Waals surface area contributed by atoms with Crippen molar-refractivity contribution in [3.63, 3.8) is 0 Å². The molecule has 4 nitrogen and oxygen atoms in total. The van der Waals surface area contributed by atoms with Gasteiger partial charge in [0, 0.05) is 42.3 Å². The van der Waals surface area contributed by atoms with Crippen molar-refractivity contribution >= 4 is 23.4 Å². The van der Waals surface area contributed by atoms with Gasteiger partial charge in [-0.3, -0.25) is 0 Å². The Balaban J connectivity index is 1.61. The lowest BCUT2D eigenvalue weighted by Gasteiger charge is -2.29.